The van der Waals surface area contributed by atoms with Gasteiger partial charge in [0, 0.05) is 15.2 Å². The topological polar surface area (TPSA) is 63.6 Å². The Balaban J connectivity index is 2.24. The summed E-state index contributed by atoms with van der Waals surface area (Å²) in [4.78, 5) is 12.6. The Morgan fingerprint density at radius 2 is 1.65 bits per heavy atom. The fourth-order valence-corrected chi connectivity index (χ4v) is 3.79. The Labute approximate surface area is 157 Å². The number of hydrogen-bond acceptors (Lipinski definition) is 4. The first-order valence-electron chi connectivity index (χ1n) is 8.22. The minimum Gasteiger partial charge on any atom is -0.465 e. The average Bonchev–Trinajstić information content (AvgIpc) is 2.66. The van der Waals surface area contributed by atoms with Crippen LogP contribution in [0.5, 0.6) is 0 Å². The largest absolute Gasteiger partial charge is 0.465 e. The van der Waals surface area contributed by atoms with Crippen LogP contribution in [0.4, 0.5) is 0 Å². The molecule has 0 amide bonds. The first kappa shape index (κ1) is 20.1. The van der Waals surface area contributed by atoms with Gasteiger partial charge in [-0.1, -0.05) is 50.3 Å². The summed E-state index contributed by atoms with van der Waals surface area (Å²) in [6, 6.07) is 13.9. The van der Waals surface area contributed by atoms with Crippen molar-refractivity contribution >= 4 is 16.8 Å². The van der Waals surface area contributed by atoms with E-state index in [-0.39, 0.29) is 0 Å². The van der Waals surface area contributed by atoms with Gasteiger partial charge >= 0.3 is 5.97 Å². The zero-order valence-corrected chi connectivity index (χ0v) is 16.3. The molecule has 4 nitrogen and oxygen atoms in total. The maximum atomic E-state index is 12.9. The van der Waals surface area contributed by atoms with Crippen LogP contribution in [0.2, 0.25) is 0 Å². The number of benzene rings is 2. The van der Waals surface area contributed by atoms with Crippen LogP contribution in [0, 0.1) is 12.3 Å². The van der Waals surface area contributed by atoms with Gasteiger partial charge in [-0.15, -0.1) is 0 Å². The summed E-state index contributed by atoms with van der Waals surface area (Å²) in [6.07, 6.45) is -0.920. The minimum atomic E-state index is -1.44. The molecular formula is C21H24O4S. The predicted molar refractivity (Wildman–Crippen MR) is 103 cm³/mol. The lowest BCUT2D eigenvalue weighted by Gasteiger charge is -2.32. The van der Waals surface area contributed by atoms with Crippen LogP contribution >= 0.6 is 0 Å². The van der Waals surface area contributed by atoms with Crippen LogP contribution in [0.25, 0.3) is 0 Å². The molecule has 1 N–H and O–H groups in total. The Hall–Kier alpha value is -2.24. The van der Waals surface area contributed by atoms with Crippen molar-refractivity contribution in [3.05, 3.63) is 76.7 Å². The van der Waals surface area contributed by atoms with Gasteiger partial charge in [-0.05, 0) is 36.8 Å². The van der Waals surface area contributed by atoms with Gasteiger partial charge in [0.1, 0.15) is 0 Å². The van der Waals surface area contributed by atoms with Crippen LogP contribution < -0.4 is 0 Å². The summed E-state index contributed by atoms with van der Waals surface area (Å²) in [7, 11) is -0.124. The normalized spacial score (nSPS) is 13.7. The van der Waals surface area contributed by atoms with E-state index in [1.807, 2.05) is 31.2 Å². The quantitative estimate of drug-likeness (QED) is 0.773. The molecule has 2 rings (SSSR count). The van der Waals surface area contributed by atoms with Crippen LogP contribution in [0.3, 0.4) is 0 Å². The number of aryl methyl sites for hydroxylation is 1. The van der Waals surface area contributed by atoms with E-state index in [2.05, 4.69) is 11.3 Å². The van der Waals surface area contributed by atoms with Crippen molar-refractivity contribution in [3.8, 4) is 0 Å². The van der Waals surface area contributed by atoms with Crippen molar-refractivity contribution in [2.75, 3.05) is 7.11 Å². The third-order valence-electron chi connectivity index (χ3n) is 4.51. The van der Waals surface area contributed by atoms with Crippen LogP contribution in [-0.4, -0.2) is 22.4 Å². The Bertz CT molecular complexity index is 820. The summed E-state index contributed by atoms with van der Waals surface area (Å²) in [5.41, 5.74) is 1.28. The maximum Gasteiger partial charge on any atom is 0.337 e. The molecule has 5 heteroatoms. The molecule has 1 unspecified atom stereocenters. The third kappa shape index (κ3) is 4.11. The zero-order valence-electron chi connectivity index (χ0n) is 15.5. The number of ether oxygens (including phenoxy) is 1. The lowest BCUT2D eigenvalue weighted by Crippen LogP contribution is -2.26. The first-order chi connectivity index (χ1) is 12.2. The summed E-state index contributed by atoms with van der Waals surface area (Å²) in [5.74, 6) is -0.435. The van der Waals surface area contributed by atoms with Gasteiger partial charge in [0.2, 0.25) is 0 Å². The molecule has 0 fully saturated rings. The lowest BCUT2D eigenvalue weighted by molar-refractivity contribution is 0.0599. The molecule has 2 aromatic carbocycles. The Kier molecular flexibility index (Phi) is 6.16. The molecule has 2 atom stereocenters. The van der Waals surface area contributed by atoms with Gasteiger partial charge in [-0.3, -0.25) is 0 Å². The van der Waals surface area contributed by atoms with E-state index in [0.29, 0.717) is 20.9 Å². The molecule has 138 valence electrons. The predicted octanol–water partition coefficient (Wildman–Crippen LogP) is 4.16. The van der Waals surface area contributed by atoms with Crippen LogP contribution in [-0.2, 0) is 15.5 Å². The van der Waals surface area contributed by atoms with Gasteiger partial charge in [-0.25, -0.2) is 9.00 Å². The number of hydrogen-bond donors (Lipinski definition) is 1. The van der Waals surface area contributed by atoms with Crippen molar-refractivity contribution in [3.63, 3.8) is 0 Å². The molecule has 0 aromatic heterocycles. The number of methoxy groups -OCH3 is 1. The number of aliphatic hydroxyl groups is 1. The highest BCUT2D eigenvalue weighted by atomic mass is 32.2. The smallest absolute Gasteiger partial charge is 0.337 e. The number of esters is 1. The van der Waals surface area contributed by atoms with Crippen molar-refractivity contribution < 1.29 is 18.8 Å². The van der Waals surface area contributed by atoms with E-state index in [9.17, 15) is 14.1 Å². The van der Waals surface area contributed by atoms with Gasteiger partial charge in [0.05, 0.1) is 29.6 Å². The summed E-state index contributed by atoms with van der Waals surface area (Å²) in [6.45, 7) is 9.57. The molecule has 2 aromatic rings. The van der Waals surface area contributed by atoms with E-state index in [0.717, 1.165) is 5.56 Å². The summed E-state index contributed by atoms with van der Waals surface area (Å²) < 4.78 is 17.5. The summed E-state index contributed by atoms with van der Waals surface area (Å²) in [5, 5.41) is 10.8. The molecule has 0 saturated heterocycles. The minimum absolute atomic E-state index is 0.406. The first-order valence-corrected chi connectivity index (χ1v) is 9.37. The standard InChI is InChI=1S/C21H24O4S/c1-14-6-12-18(13-7-14)26(24)15(2)21(3,4)19(22)16-8-10-17(11-9-16)20(23)25-5/h6-13,19,22H,2H2,1,3-5H3/t19-,26?/m1/s1. The molecule has 0 saturated carbocycles. The molecule has 0 aliphatic heterocycles. The third-order valence-corrected chi connectivity index (χ3v) is 6.18. The number of rotatable bonds is 6. The van der Waals surface area contributed by atoms with E-state index in [1.165, 1.54) is 7.11 Å². The monoisotopic (exact) mass is 372 g/mol. The Morgan fingerprint density at radius 1 is 1.12 bits per heavy atom. The highest BCUT2D eigenvalue weighted by molar-refractivity contribution is 7.89. The molecular weight excluding hydrogens is 348 g/mol. The second kappa shape index (κ2) is 7.98. The Morgan fingerprint density at radius 3 is 2.15 bits per heavy atom. The average molecular weight is 372 g/mol. The maximum absolute atomic E-state index is 12.9. The number of aliphatic hydroxyl groups excluding tert-OH is 1. The molecule has 0 aliphatic rings. The molecule has 0 spiro atoms. The highest BCUT2D eigenvalue weighted by Crippen LogP contribution is 2.41. The van der Waals surface area contributed by atoms with E-state index >= 15 is 0 Å². The summed E-state index contributed by atoms with van der Waals surface area (Å²) >= 11 is 0. The number of carbonyl (C=O) groups is 1. The fourth-order valence-electron chi connectivity index (χ4n) is 2.53. The van der Waals surface area contributed by atoms with E-state index in [1.54, 1.807) is 38.1 Å². The molecule has 0 heterocycles. The molecule has 0 aliphatic carbocycles. The van der Waals surface area contributed by atoms with Gasteiger partial charge < -0.3 is 9.84 Å². The van der Waals surface area contributed by atoms with Crippen molar-refractivity contribution in [2.24, 2.45) is 5.41 Å². The van der Waals surface area contributed by atoms with Crippen molar-refractivity contribution in [1.29, 1.82) is 0 Å². The fraction of sp³-hybridized carbons (Fsp3) is 0.286. The van der Waals surface area contributed by atoms with Gasteiger partial charge in [0.15, 0.2) is 0 Å². The van der Waals surface area contributed by atoms with E-state index < -0.39 is 28.3 Å². The van der Waals surface area contributed by atoms with Gasteiger partial charge in [-0.2, -0.15) is 0 Å². The zero-order chi connectivity index (χ0) is 19.5. The molecule has 0 bridgehead atoms. The second-order valence-electron chi connectivity index (χ2n) is 6.74. The lowest BCUT2D eigenvalue weighted by atomic mass is 9.82. The van der Waals surface area contributed by atoms with Crippen molar-refractivity contribution in [2.45, 2.75) is 31.8 Å². The van der Waals surface area contributed by atoms with Gasteiger partial charge in [0.25, 0.3) is 0 Å². The van der Waals surface area contributed by atoms with E-state index in [4.69, 9.17) is 0 Å². The van der Waals surface area contributed by atoms with Crippen LogP contribution in [0.15, 0.2) is 64.9 Å². The highest BCUT2D eigenvalue weighted by Gasteiger charge is 2.35. The second-order valence-corrected chi connectivity index (χ2v) is 8.24. The molecule has 26 heavy (non-hydrogen) atoms. The molecule has 0 radical (unpaired) electrons. The van der Waals surface area contributed by atoms with Crippen molar-refractivity contribution in [1.82, 2.24) is 0 Å². The number of carbonyl (C=O) groups excluding carboxylic acids is 1. The van der Waals surface area contributed by atoms with Crippen LogP contribution in [0.1, 0.15) is 41.4 Å². The SMILES string of the molecule is C=C(S(=O)c1ccc(C)cc1)C(C)(C)[C@H](O)c1ccc(C(=O)OC)cc1.